The van der Waals surface area contributed by atoms with Crippen molar-refractivity contribution >= 4 is 23.6 Å². The first-order valence-electron chi connectivity index (χ1n) is 0.378. The van der Waals surface area contributed by atoms with Crippen LogP contribution in [0.15, 0.2) is 0 Å². The van der Waals surface area contributed by atoms with Gasteiger partial charge in [-0.2, -0.15) is 0 Å². The molecular formula is HCl2NPt. The predicted octanol–water partition coefficient (Wildman–Crippen LogP) is 0.881. The Balaban J connectivity index is 0. The molecule has 4 heteroatoms. The van der Waals surface area contributed by atoms with Gasteiger partial charge in [-0.3, -0.25) is 0 Å². The fourth-order valence-corrected chi connectivity index (χ4v) is 0. The summed E-state index contributed by atoms with van der Waals surface area (Å²) in [5.74, 6) is 0. The average Bonchev–Trinajstić information content (AvgIpc) is 0.918. The molecule has 0 aromatic rings. The van der Waals surface area contributed by atoms with E-state index in [0.29, 0.717) is 0 Å². The van der Waals surface area contributed by atoms with Crippen molar-refractivity contribution in [2.24, 2.45) is 0 Å². The summed E-state index contributed by atoms with van der Waals surface area (Å²) in [6.45, 7) is 0. The van der Waals surface area contributed by atoms with Crippen LogP contribution in [0.5, 0.6) is 0 Å². The molecule has 0 heterocycles. The van der Waals surface area contributed by atoms with Gasteiger partial charge in [0.2, 0.25) is 0 Å². The minimum atomic E-state index is 0. The third kappa shape index (κ3) is 10.6. The van der Waals surface area contributed by atoms with Crippen LogP contribution in [0, 0.1) is 0 Å². The van der Waals surface area contributed by atoms with Crippen molar-refractivity contribution < 1.29 is 21.1 Å². The Bertz CT molecular complexity index is 6.00. The molecule has 0 saturated carbocycles. The van der Waals surface area contributed by atoms with E-state index in [0.717, 1.165) is 0 Å². The Labute approximate surface area is 49.1 Å². The molecule has 0 saturated heterocycles. The Hall–Kier alpha value is 1.23. The largest absolute Gasteiger partial charge is 0.145 e. The Morgan fingerprint density at radius 3 is 1.25 bits per heavy atom. The normalized spacial score (nSPS) is 4.50. The monoisotopic (exact) mass is 280 g/mol. The Morgan fingerprint density at radius 2 is 1.25 bits per heavy atom. The molecule has 0 aromatic heterocycles. The van der Waals surface area contributed by atoms with Crippen LogP contribution in [-0.4, -0.2) is 0 Å². The van der Waals surface area contributed by atoms with E-state index in [1.165, 1.54) is 0 Å². The minimum Gasteiger partial charge on any atom is -0.145 e. The molecule has 0 radical (unpaired) electrons. The Kier molecular flexibility index (Phi) is 19.9. The van der Waals surface area contributed by atoms with Crippen LogP contribution in [0.1, 0.15) is 0 Å². The van der Waals surface area contributed by atoms with Crippen LogP contribution >= 0.6 is 23.6 Å². The van der Waals surface area contributed by atoms with E-state index in [9.17, 15) is 0 Å². The molecule has 0 aliphatic rings. The zero-order valence-electron chi connectivity index (χ0n) is 1.57. The summed E-state index contributed by atoms with van der Waals surface area (Å²) in [6.07, 6.45) is 0. The van der Waals surface area contributed by atoms with Gasteiger partial charge in [0.25, 0.3) is 0 Å². The smallest absolute Gasteiger partial charge is 0 e. The van der Waals surface area contributed by atoms with Gasteiger partial charge in [-0.25, -0.2) is 0 Å². The second-order valence-corrected chi connectivity index (χ2v) is 0.643. The molecule has 1 nitrogen and oxygen atoms in total. The minimum absolute atomic E-state index is 0. The van der Waals surface area contributed by atoms with Crippen LogP contribution in [0.25, 0.3) is 0 Å². The van der Waals surface area contributed by atoms with Gasteiger partial charge in [0.1, 0.15) is 0 Å². The van der Waals surface area contributed by atoms with Gasteiger partial charge in [-0.1, -0.05) is 0 Å². The molecule has 0 fully saturated rings. The number of rotatable bonds is 0. The zero-order chi connectivity index (χ0) is 2.71. The van der Waals surface area contributed by atoms with Crippen LogP contribution < -0.4 is 4.35 Å². The Morgan fingerprint density at radius 1 is 1.25 bits per heavy atom. The second kappa shape index (κ2) is 8.87. The SMILES string of the molecule is ClNCl.[Pt]. The second-order valence-electron chi connectivity index (χ2n) is 0.0714. The van der Waals surface area contributed by atoms with Gasteiger partial charge in [0.15, 0.2) is 0 Å². The molecule has 0 aliphatic carbocycles. The molecule has 0 bridgehead atoms. The summed E-state index contributed by atoms with van der Waals surface area (Å²) in [5.41, 5.74) is 0. The zero-order valence-corrected chi connectivity index (χ0v) is 5.36. The van der Waals surface area contributed by atoms with E-state index in [1.54, 1.807) is 4.35 Å². The summed E-state index contributed by atoms with van der Waals surface area (Å²) in [4.78, 5) is 0. The van der Waals surface area contributed by atoms with E-state index < -0.39 is 0 Å². The van der Waals surface area contributed by atoms with Gasteiger partial charge < -0.3 is 0 Å². The quantitative estimate of drug-likeness (QED) is 0.650. The van der Waals surface area contributed by atoms with E-state index in [4.69, 9.17) is 0 Å². The maximum absolute atomic E-state index is 4.51. The molecular weight excluding hydrogens is 280 g/mol. The molecule has 0 spiro atoms. The van der Waals surface area contributed by atoms with Crippen molar-refractivity contribution in [2.45, 2.75) is 0 Å². The summed E-state index contributed by atoms with van der Waals surface area (Å²) < 4.78 is 1.69. The summed E-state index contributed by atoms with van der Waals surface area (Å²) in [5, 5.41) is 0. The van der Waals surface area contributed by atoms with Crippen molar-refractivity contribution in [3.05, 3.63) is 0 Å². The molecule has 0 rings (SSSR count). The van der Waals surface area contributed by atoms with E-state index in [-0.39, 0.29) is 21.1 Å². The third-order valence-electron chi connectivity index (χ3n) is 0. The van der Waals surface area contributed by atoms with E-state index in [1.807, 2.05) is 0 Å². The van der Waals surface area contributed by atoms with Gasteiger partial charge in [0, 0.05) is 21.1 Å². The van der Waals surface area contributed by atoms with Gasteiger partial charge in [0.05, 0.1) is 0 Å². The maximum Gasteiger partial charge on any atom is 0 e. The first kappa shape index (κ1) is 8.97. The summed E-state index contributed by atoms with van der Waals surface area (Å²) in [6, 6.07) is 0. The van der Waals surface area contributed by atoms with Gasteiger partial charge in [-0.15, -0.1) is 4.35 Å². The van der Waals surface area contributed by atoms with E-state index in [2.05, 4.69) is 23.6 Å². The van der Waals surface area contributed by atoms with Crippen LogP contribution in [0.2, 0.25) is 0 Å². The molecule has 1 N–H and O–H groups in total. The standard InChI is InChI=1S/Cl2HN.Pt/c1-3-2;/h3H;. The van der Waals surface area contributed by atoms with Crippen molar-refractivity contribution in [1.29, 1.82) is 0 Å². The van der Waals surface area contributed by atoms with Gasteiger partial charge in [-0.05, 0) is 23.6 Å². The third-order valence-corrected chi connectivity index (χ3v) is 0. The molecule has 0 aliphatic heterocycles. The number of halogens is 2. The van der Waals surface area contributed by atoms with Crippen molar-refractivity contribution in [3.8, 4) is 0 Å². The van der Waals surface area contributed by atoms with Crippen LogP contribution in [-0.2, 0) is 21.1 Å². The molecule has 0 unspecified atom stereocenters. The van der Waals surface area contributed by atoms with Crippen molar-refractivity contribution in [2.75, 3.05) is 0 Å². The topological polar surface area (TPSA) is 12.0 Å². The van der Waals surface area contributed by atoms with Crippen molar-refractivity contribution in [3.63, 3.8) is 0 Å². The average molecular weight is 281 g/mol. The summed E-state index contributed by atoms with van der Waals surface area (Å²) >= 11 is 9.03. The predicted molar refractivity (Wildman–Crippen MR) is 14.8 cm³/mol. The fraction of sp³-hybridized carbons (Fsp3) is 0. The number of nitrogens with one attached hydrogen (secondary N) is 1. The summed E-state index contributed by atoms with van der Waals surface area (Å²) in [7, 11) is 0. The fourth-order valence-electron chi connectivity index (χ4n) is 0. The number of hydrogen-bond donors (Lipinski definition) is 1. The van der Waals surface area contributed by atoms with Crippen LogP contribution in [0.4, 0.5) is 0 Å². The van der Waals surface area contributed by atoms with E-state index >= 15 is 0 Å². The molecule has 30 valence electrons. The van der Waals surface area contributed by atoms with Gasteiger partial charge >= 0.3 is 0 Å². The number of hydrogen-bond acceptors (Lipinski definition) is 1. The van der Waals surface area contributed by atoms with Crippen LogP contribution in [0.3, 0.4) is 0 Å². The maximum atomic E-state index is 4.51. The first-order valence-corrected chi connectivity index (χ1v) is 1.13. The molecule has 0 atom stereocenters. The molecule has 4 heavy (non-hydrogen) atoms. The molecule has 0 amide bonds. The molecule has 0 aromatic carbocycles. The van der Waals surface area contributed by atoms with Crippen molar-refractivity contribution in [1.82, 2.24) is 4.35 Å². The first-order chi connectivity index (χ1) is 1.41.